The lowest BCUT2D eigenvalue weighted by Crippen LogP contribution is -2.52. The first-order chi connectivity index (χ1) is 8.56. The number of hydrogen-bond acceptors (Lipinski definition) is 5. The molecule has 0 unspecified atom stereocenters. The van der Waals surface area contributed by atoms with Gasteiger partial charge in [-0.2, -0.15) is 0 Å². The Morgan fingerprint density at radius 2 is 2.06 bits per heavy atom. The van der Waals surface area contributed by atoms with E-state index in [1.807, 2.05) is 7.05 Å². The minimum absolute atomic E-state index is 0.0635. The van der Waals surface area contributed by atoms with E-state index in [-0.39, 0.29) is 11.3 Å². The van der Waals surface area contributed by atoms with Gasteiger partial charge in [0, 0.05) is 38.4 Å². The SMILES string of the molecule is CN1CCN(NC(=O)c2c[nH]c(=O)cc2O)CC1. The molecule has 2 rings (SSSR count). The smallest absolute Gasteiger partial charge is 0.270 e. The minimum Gasteiger partial charge on any atom is -0.507 e. The largest absolute Gasteiger partial charge is 0.507 e. The van der Waals surface area contributed by atoms with Crippen LogP contribution in [0.4, 0.5) is 0 Å². The number of pyridine rings is 1. The maximum Gasteiger partial charge on any atom is 0.270 e. The number of aromatic nitrogens is 1. The summed E-state index contributed by atoms with van der Waals surface area (Å²) < 4.78 is 0. The van der Waals surface area contributed by atoms with Crippen molar-refractivity contribution in [1.29, 1.82) is 0 Å². The highest BCUT2D eigenvalue weighted by Gasteiger charge is 2.18. The van der Waals surface area contributed by atoms with Gasteiger partial charge in [0.25, 0.3) is 11.5 Å². The molecule has 18 heavy (non-hydrogen) atoms. The van der Waals surface area contributed by atoms with E-state index in [9.17, 15) is 14.7 Å². The van der Waals surface area contributed by atoms with Crippen LogP contribution in [0.1, 0.15) is 10.4 Å². The third-order valence-electron chi connectivity index (χ3n) is 2.91. The van der Waals surface area contributed by atoms with Crippen LogP contribution in [0.2, 0.25) is 0 Å². The molecule has 0 atom stereocenters. The van der Waals surface area contributed by atoms with Crippen LogP contribution in [-0.4, -0.2) is 59.1 Å². The molecule has 2 heterocycles. The first-order valence-electron chi connectivity index (χ1n) is 5.72. The summed E-state index contributed by atoms with van der Waals surface area (Å²) in [5, 5.41) is 11.3. The molecule has 0 saturated carbocycles. The van der Waals surface area contributed by atoms with Gasteiger partial charge in [-0.15, -0.1) is 0 Å². The predicted octanol–water partition coefficient (Wildman–Crippen LogP) is -1.03. The summed E-state index contributed by atoms with van der Waals surface area (Å²) in [6.07, 6.45) is 1.21. The number of H-pyrrole nitrogens is 1. The molecule has 0 radical (unpaired) electrons. The van der Waals surface area contributed by atoms with Crippen molar-refractivity contribution in [3.63, 3.8) is 0 Å². The van der Waals surface area contributed by atoms with Crippen molar-refractivity contribution in [1.82, 2.24) is 20.3 Å². The van der Waals surface area contributed by atoms with Gasteiger partial charge in [-0.3, -0.25) is 15.0 Å². The van der Waals surface area contributed by atoms with Crippen LogP contribution in [0.25, 0.3) is 0 Å². The van der Waals surface area contributed by atoms with Gasteiger partial charge in [0.2, 0.25) is 0 Å². The summed E-state index contributed by atoms with van der Waals surface area (Å²) in [6.45, 7) is 3.20. The van der Waals surface area contributed by atoms with Gasteiger partial charge in [0.1, 0.15) is 5.75 Å². The summed E-state index contributed by atoms with van der Waals surface area (Å²) in [4.78, 5) is 27.3. The number of amides is 1. The maximum absolute atomic E-state index is 11.9. The number of piperazine rings is 1. The molecule has 0 aliphatic carbocycles. The molecular formula is C11H16N4O3. The number of aromatic amines is 1. The van der Waals surface area contributed by atoms with Crippen molar-refractivity contribution < 1.29 is 9.90 Å². The van der Waals surface area contributed by atoms with Gasteiger partial charge in [0.15, 0.2) is 0 Å². The molecule has 7 heteroatoms. The molecule has 1 aromatic heterocycles. The van der Waals surface area contributed by atoms with Gasteiger partial charge in [-0.05, 0) is 7.05 Å². The van der Waals surface area contributed by atoms with Gasteiger partial charge < -0.3 is 15.0 Å². The topological polar surface area (TPSA) is 88.7 Å². The molecule has 1 amide bonds. The van der Waals surface area contributed by atoms with Crippen LogP contribution in [0.3, 0.4) is 0 Å². The van der Waals surface area contributed by atoms with E-state index in [2.05, 4.69) is 15.3 Å². The Hall–Kier alpha value is -1.86. The molecule has 7 nitrogen and oxygen atoms in total. The zero-order valence-corrected chi connectivity index (χ0v) is 10.1. The molecule has 0 bridgehead atoms. The monoisotopic (exact) mass is 252 g/mol. The fourth-order valence-electron chi connectivity index (χ4n) is 1.76. The van der Waals surface area contributed by atoms with Crippen LogP contribution in [-0.2, 0) is 0 Å². The average Bonchev–Trinajstić information content (AvgIpc) is 2.32. The second-order valence-corrected chi connectivity index (χ2v) is 4.33. The normalized spacial score (nSPS) is 17.6. The summed E-state index contributed by atoms with van der Waals surface area (Å²) in [5.41, 5.74) is 2.32. The minimum atomic E-state index is -0.441. The molecule has 1 fully saturated rings. The number of hydrogen-bond donors (Lipinski definition) is 3. The highest BCUT2D eigenvalue weighted by Crippen LogP contribution is 2.11. The Labute approximate surface area is 104 Å². The van der Waals surface area contributed by atoms with E-state index in [0.717, 1.165) is 32.2 Å². The number of nitrogens with zero attached hydrogens (tertiary/aromatic N) is 2. The molecular weight excluding hydrogens is 236 g/mol. The number of carbonyl (C=O) groups excluding carboxylic acids is 1. The number of nitrogens with one attached hydrogen (secondary N) is 2. The lowest BCUT2D eigenvalue weighted by atomic mass is 10.2. The van der Waals surface area contributed by atoms with E-state index < -0.39 is 11.5 Å². The third kappa shape index (κ3) is 2.88. The van der Waals surface area contributed by atoms with Crippen LogP contribution in [0.5, 0.6) is 5.75 Å². The Morgan fingerprint density at radius 1 is 1.39 bits per heavy atom. The molecule has 98 valence electrons. The van der Waals surface area contributed by atoms with Crippen LogP contribution in [0.15, 0.2) is 17.1 Å². The number of likely N-dealkylation sites (N-methyl/N-ethyl adjacent to an activating group) is 1. The molecule has 1 aliphatic rings. The molecule has 0 spiro atoms. The Kier molecular flexibility index (Phi) is 3.63. The predicted molar refractivity (Wildman–Crippen MR) is 65.3 cm³/mol. The molecule has 1 aromatic rings. The second kappa shape index (κ2) is 5.19. The summed E-state index contributed by atoms with van der Waals surface area (Å²) in [7, 11) is 2.02. The molecule has 3 N–H and O–H groups in total. The quantitative estimate of drug-likeness (QED) is 0.626. The highest BCUT2D eigenvalue weighted by molar-refractivity contribution is 5.96. The zero-order chi connectivity index (χ0) is 13.1. The van der Waals surface area contributed by atoms with E-state index in [4.69, 9.17) is 0 Å². The van der Waals surface area contributed by atoms with Crippen LogP contribution >= 0.6 is 0 Å². The average molecular weight is 252 g/mol. The zero-order valence-electron chi connectivity index (χ0n) is 10.1. The summed E-state index contributed by atoms with van der Waals surface area (Å²) >= 11 is 0. The lowest BCUT2D eigenvalue weighted by Gasteiger charge is -2.32. The highest BCUT2D eigenvalue weighted by atomic mass is 16.3. The number of rotatable bonds is 2. The van der Waals surface area contributed by atoms with Crippen LogP contribution < -0.4 is 11.0 Å². The van der Waals surface area contributed by atoms with Gasteiger partial charge in [-0.1, -0.05) is 0 Å². The fourth-order valence-corrected chi connectivity index (χ4v) is 1.76. The first kappa shape index (κ1) is 12.6. The molecule has 1 aliphatic heterocycles. The summed E-state index contributed by atoms with van der Waals surface area (Å²) in [5.74, 6) is -0.737. The lowest BCUT2D eigenvalue weighted by molar-refractivity contribution is 0.0659. The van der Waals surface area contributed by atoms with Gasteiger partial charge in [-0.25, -0.2) is 5.01 Å². The Morgan fingerprint density at radius 3 is 2.67 bits per heavy atom. The van der Waals surface area contributed by atoms with Crippen molar-refractivity contribution in [3.8, 4) is 5.75 Å². The van der Waals surface area contributed by atoms with Crippen molar-refractivity contribution in [3.05, 3.63) is 28.2 Å². The number of aromatic hydroxyl groups is 1. The van der Waals surface area contributed by atoms with E-state index in [1.165, 1.54) is 6.20 Å². The van der Waals surface area contributed by atoms with Crippen LogP contribution in [0, 0.1) is 0 Å². The fraction of sp³-hybridized carbons (Fsp3) is 0.455. The number of hydrazine groups is 1. The van der Waals surface area contributed by atoms with E-state index >= 15 is 0 Å². The molecule has 1 saturated heterocycles. The van der Waals surface area contributed by atoms with Crippen molar-refractivity contribution in [2.45, 2.75) is 0 Å². The van der Waals surface area contributed by atoms with E-state index in [1.54, 1.807) is 5.01 Å². The van der Waals surface area contributed by atoms with Crippen molar-refractivity contribution >= 4 is 5.91 Å². The Bertz CT molecular complexity index is 491. The molecule has 0 aromatic carbocycles. The Balaban J connectivity index is 2.01. The number of carbonyl (C=O) groups is 1. The standard InChI is InChI=1S/C11H16N4O3/c1-14-2-4-15(5-3-14)13-11(18)8-7-12-10(17)6-9(8)16/h6-7H,2-5H2,1H3,(H,13,18)(H2,12,16,17). The van der Waals surface area contributed by atoms with E-state index in [0.29, 0.717) is 0 Å². The van der Waals surface area contributed by atoms with Gasteiger partial charge in [0.05, 0.1) is 5.56 Å². The third-order valence-corrected chi connectivity index (χ3v) is 2.91. The van der Waals surface area contributed by atoms with Gasteiger partial charge >= 0.3 is 0 Å². The maximum atomic E-state index is 11.9. The second-order valence-electron chi connectivity index (χ2n) is 4.33. The summed E-state index contributed by atoms with van der Waals surface area (Å²) in [6, 6.07) is 0.985. The van der Waals surface area contributed by atoms with Crippen molar-refractivity contribution in [2.24, 2.45) is 0 Å². The van der Waals surface area contributed by atoms with Crippen molar-refractivity contribution in [2.75, 3.05) is 33.2 Å². The first-order valence-corrected chi connectivity index (χ1v) is 5.72.